The zero-order valence-corrected chi connectivity index (χ0v) is 18.5. The number of nitrogens with one attached hydrogen (secondary N) is 3. The molecule has 1 aromatic carbocycles. The third kappa shape index (κ3) is 4.91. The van der Waals surface area contributed by atoms with Crippen molar-refractivity contribution in [1.82, 2.24) is 16.0 Å². The molecule has 4 atom stereocenters. The van der Waals surface area contributed by atoms with Gasteiger partial charge >= 0.3 is 5.97 Å². The van der Waals surface area contributed by atoms with Crippen molar-refractivity contribution < 1.29 is 23.8 Å². The standard InChI is InChI=1S/C21H29N3O5S/c1-5-28-21(26)17-12(2)16-19(25)23-18(24-20(16)30-17)13(3)22-10-11-29-15-9-7-6-8-14(15)27-4/h6-9,13,16,18,20,22,24H,5,10-11H2,1-4H3,(H,23,25). The van der Waals surface area contributed by atoms with Crippen LogP contribution in [0.25, 0.3) is 0 Å². The molecule has 3 N–H and O–H groups in total. The van der Waals surface area contributed by atoms with Gasteiger partial charge in [-0.2, -0.15) is 0 Å². The summed E-state index contributed by atoms with van der Waals surface area (Å²) in [7, 11) is 1.61. The number of ether oxygens (including phenoxy) is 3. The lowest BCUT2D eigenvalue weighted by Gasteiger charge is -2.37. The van der Waals surface area contributed by atoms with E-state index in [4.69, 9.17) is 14.2 Å². The topological polar surface area (TPSA) is 97.9 Å². The predicted octanol–water partition coefficient (Wildman–Crippen LogP) is 1.62. The highest BCUT2D eigenvalue weighted by molar-refractivity contribution is 8.04. The largest absolute Gasteiger partial charge is 0.493 e. The third-order valence-corrected chi connectivity index (χ3v) is 6.54. The SMILES string of the molecule is CCOC(=O)C1=C(C)C2C(=O)NC(C(C)NCCOc3ccccc3OC)NC2S1. The van der Waals surface area contributed by atoms with Crippen LogP contribution in [0.1, 0.15) is 20.8 Å². The molecule has 0 bridgehead atoms. The fraction of sp³-hybridized carbons (Fsp3) is 0.524. The summed E-state index contributed by atoms with van der Waals surface area (Å²) in [6, 6.07) is 7.46. The Balaban J connectivity index is 1.50. The van der Waals surface area contributed by atoms with Crippen LogP contribution in [-0.4, -0.2) is 56.3 Å². The molecule has 1 amide bonds. The average Bonchev–Trinajstić information content (AvgIpc) is 3.08. The third-order valence-electron chi connectivity index (χ3n) is 5.15. The fourth-order valence-electron chi connectivity index (χ4n) is 3.56. The second kappa shape index (κ2) is 10.2. The van der Waals surface area contributed by atoms with Gasteiger partial charge in [-0.05, 0) is 38.5 Å². The van der Waals surface area contributed by atoms with Gasteiger partial charge in [0.05, 0.1) is 36.1 Å². The first-order chi connectivity index (χ1) is 14.5. The van der Waals surface area contributed by atoms with E-state index in [2.05, 4.69) is 16.0 Å². The zero-order valence-electron chi connectivity index (χ0n) is 17.7. The monoisotopic (exact) mass is 435 g/mol. The average molecular weight is 436 g/mol. The van der Waals surface area contributed by atoms with E-state index >= 15 is 0 Å². The number of carbonyl (C=O) groups is 2. The number of rotatable bonds is 9. The van der Waals surface area contributed by atoms with E-state index in [1.807, 2.05) is 38.1 Å². The van der Waals surface area contributed by atoms with Gasteiger partial charge in [-0.1, -0.05) is 23.9 Å². The summed E-state index contributed by atoms with van der Waals surface area (Å²) in [5, 5.41) is 9.64. The molecule has 0 radical (unpaired) electrons. The van der Waals surface area contributed by atoms with Gasteiger partial charge in [-0.25, -0.2) is 4.79 Å². The molecule has 8 nitrogen and oxygen atoms in total. The fourth-order valence-corrected chi connectivity index (χ4v) is 4.96. The maximum absolute atomic E-state index is 12.7. The smallest absolute Gasteiger partial charge is 0.344 e. The van der Waals surface area contributed by atoms with Crippen molar-refractivity contribution >= 4 is 23.6 Å². The van der Waals surface area contributed by atoms with Crippen LogP contribution in [0.15, 0.2) is 34.7 Å². The lowest BCUT2D eigenvalue weighted by Crippen LogP contribution is -2.65. The summed E-state index contributed by atoms with van der Waals surface area (Å²) in [5.41, 5.74) is 0.762. The minimum atomic E-state index is -0.369. The Hall–Kier alpha value is -2.23. The first-order valence-electron chi connectivity index (χ1n) is 10.1. The van der Waals surface area contributed by atoms with Gasteiger partial charge in [0.1, 0.15) is 6.61 Å². The number of hydrogen-bond donors (Lipinski definition) is 3. The van der Waals surface area contributed by atoms with Gasteiger partial charge in [0.25, 0.3) is 0 Å². The lowest BCUT2D eigenvalue weighted by atomic mass is 9.96. The van der Waals surface area contributed by atoms with E-state index in [1.54, 1.807) is 14.0 Å². The maximum Gasteiger partial charge on any atom is 0.344 e. The van der Waals surface area contributed by atoms with Crippen LogP contribution in [0, 0.1) is 5.92 Å². The van der Waals surface area contributed by atoms with Gasteiger partial charge < -0.3 is 24.8 Å². The molecule has 1 aromatic rings. The normalized spacial score (nSPS) is 24.1. The number of thioether (sulfide) groups is 1. The van der Waals surface area contributed by atoms with Crippen LogP contribution in [0.2, 0.25) is 0 Å². The molecular weight excluding hydrogens is 406 g/mol. The predicted molar refractivity (Wildman–Crippen MR) is 115 cm³/mol. The highest BCUT2D eigenvalue weighted by atomic mass is 32.2. The van der Waals surface area contributed by atoms with Gasteiger partial charge in [0.2, 0.25) is 5.91 Å². The molecule has 4 unspecified atom stereocenters. The van der Waals surface area contributed by atoms with Crippen LogP contribution < -0.4 is 25.4 Å². The summed E-state index contributed by atoms with van der Waals surface area (Å²) < 4.78 is 16.2. The van der Waals surface area contributed by atoms with Gasteiger partial charge in [0, 0.05) is 12.6 Å². The van der Waals surface area contributed by atoms with Crippen LogP contribution in [0.3, 0.4) is 0 Å². The van der Waals surface area contributed by atoms with E-state index in [0.717, 1.165) is 5.57 Å². The van der Waals surface area contributed by atoms with Crippen LogP contribution in [0.5, 0.6) is 11.5 Å². The number of esters is 1. The molecule has 3 rings (SSSR count). The molecule has 30 heavy (non-hydrogen) atoms. The minimum Gasteiger partial charge on any atom is -0.493 e. The molecule has 0 aromatic heterocycles. The van der Waals surface area contributed by atoms with Gasteiger partial charge in [0.15, 0.2) is 11.5 Å². The van der Waals surface area contributed by atoms with Crippen molar-refractivity contribution in [2.45, 2.75) is 38.4 Å². The van der Waals surface area contributed by atoms with Crippen molar-refractivity contribution in [3.05, 3.63) is 34.7 Å². The molecular formula is C21H29N3O5S. The van der Waals surface area contributed by atoms with Crippen molar-refractivity contribution in [3.63, 3.8) is 0 Å². The molecule has 1 fully saturated rings. The summed E-state index contributed by atoms with van der Waals surface area (Å²) >= 11 is 1.37. The zero-order chi connectivity index (χ0) is 21.7. The second-order valence-corrected chi connectivity index (χ2v) is 8.30. The number of hydrogen-bond acceptors (Lipinski definition) is 8. The van der Waals surface area contributed by atoms with Gasteiger partial charge in [-0.15, -0.1) is 0 Å². The van der Waals surface area contributed by atoms with Gasteiger partial charge in [-0.3, -0.25) is 10.1 Å². The number of methoxy groups -OCH3 is 1. The first-order valence-corrected chi connectivity index (χ1v) is 10.9. The molecule has 164 valence electrons. The summed E-state index contributed by atoms with van der Waals surface area (Å²) in [5.74, 6) is 0.576. The molecule has 0 aliphatic carbocycles. The van der Waals surface area contributed by atoms with Crippen LogP contribution in [-0.2, 0) is 14.3 Å². The molecule has 0 spiro atoms. The maximum atomic E-state index is 12.7. The summed E-state index contributed by atoms with van der Waals surface area (Å²) in [6.07, 6.45) is -0.258. The van der Waals surface area contributed by atoms with E-state index in [9.17, 15) is 9.59 Å². The van der Waals surface area contributed by atoms with Crippen molar-refractivity contribution in [2.75, 3.05) is 26.9 Å². The van der Waals surface area contributed by atoms with E-state index in [0.29, 0.717) is 36.2 Å². The summed E-state index contributed by atoms with van der Waals surface area (Å²) in [6.45, 7) is 6.95. The Bertz CT molecular complexity index is 816. The van der Waals surface area contributed by atoms with E-state index in [1.165, 1.54) is 11.8 Å². The first kappa shape index (κ1) is 22.5. The number of fused-ring (bicyclic) bond motifs is 1. The molecule has 2 heterocycles. The van der Waals surface area contributed by atoms with E-state index in [-0.39, 0.29) is 35.4 Å². The molecule has 2 aliphatic heterocycles. The molecule has 9 heteroatoms. The minimum absolute atomic E-state index is 0.0382. The summed E-state index contributed by atoms with van der Waals surface area (Å²) in [4.78, 5) is 25.4. The second-order valence-electron chi connectivity index (χ2n) is 7.14. The molecule has 0 saturated carbocycles. The van der Waals surface area contributed by atoms with E-state index < -0.39 is 0 Å². The Labute approximate surface area is 181 Å². The van der Waals surface area contributed by atoms with Crippen molar-refractivity contribution in [2.24, 2.45) is 5.92 Å². The molecule has 2 aliphatic rings. The highest BCUT2D eigenvalue weighted by Gasteiger charge is 2.46. The van der Waals surface area contributed by atoms with Crippen LogP contribution in [0.4, 0.5) is 0 Å². The number of para-hydroxylation sites is 2. The Morgan fingerprint density at radius 1 is 1.30 bits per heavy atom. The number of carbonyl (C=O) groups excluding carboxylic acids is 2. The quantitative estimate of drug-likeness (QED) is 0.398. The number of benzene rings is 1. The Kier molecular flexibility index (Phi) is 7.63. The Morgan fingerprint density at radius 3 is 2.73 bits per heavy atom. The van der Waals surface area contributed by atoms with Crippen molar-refractivity contribution in [1.29, 1.82) is 0 Å². The highest BCUT2D eigenvalue weighted by Crippen LogP contribution is 2.43. The Morgan fingerprint density at radius 2 is 2.03 bits per heavy atom. The molecule has 1 saturated heterocycles. The number of amides is 1. The van der Waals surface area contributed by atoms with Crippen LogP contribution >= 0.6 is 11.8 Å². The lowest BCUT2D eigenvalue weighted by molar-refractivity contribution is -0.137. The van der Waals surface area contributed by atoms with Crippen molar-refractivity contribution in [3.8, 4) is 11.5 Å².